The molecule has 4 nitrogen and oxygen atoms in total. The van der Waals surface area contributed by atoms with Gasteiger partial charge in [-0.1, -0.05) is 201 Å². The number of ether oxygens (including phenoxy) is 2. The molecule has 2 aliphatic heterocycles. The molecular weight excluding hydrogens is 1030 g/mol. The number of benzene rings is 6. The van der Waals surface area contributed by atoms with Crippen LogP contribution in [0.2, 0.25) is 0 Å². The second kappa shape index (κ2) is 29.0. The van der Waals surface area contributed by atoms with Gasteiger partial charge in [-0.15, -0.1) is 22.7 Å². The summed E-state index contributed by atoms with van der Waals surface area (Å²) < 4.78 is 12.6. The Balaban J connectivity index is 0.817. The van der Waals surface area contributed by atoms with Crippen LogP contribution in [0.25, 0.3) is 32.3 Å². The maximum atomic E-state index is 6.32. The number of anilines is 6. The van der Waals surface area contributed by atoms with Crippen molar-refractivity contribution >= 4 is 92.5 Å². The summed E-state index contributed by atoms with van der Waals surface area (Å²) in [5.74, 6) is 1.87. The molecule has 2 aromatic heterocycles. The quantitative estimate of drug-likeness (QED) is 0.0329. The predicted octanol–water partition coefficient (Wildman–Crippen LogP) is 23.8. The molecule has 0 N–H and O–H groups in total. The topological polar surface area (TPSA) is 24.9 Å². The van der Waals surface area contributed by atoms with Gasteiger partial charge in [-0.2, -0.15) is 0 Å². The maximum absolute atomic E-state index is 6.32. The van der Waals surface area contributed by atoms with Crippen molar-refractivity contribution in [3.63, 3.8) is 0 Å². The van der Waals surface area contributed by atoms with Crippen LogP contribution >= 0.6 is 46.2 Å². The second-order valence-corrected chi connectivity index (χ2v) is 25.2. The zero-order valence-electron chi connectivity index (χ0n) is 46.1. The fourth-order valence-electron chi connectivity index (χ4n) is 10.7. The van der Waals surface area contributed by atoms with E-state index in [2.05, 4.69) is 193 Å². The van der Waals surface area contributed by atoms with Crippen LogP contribution in [0.1, 0.15) is 153 Å². The van der Waals surface area contributed by atoms with Gasteiger partial charge in [0.25, 0.3) is 0 Å². The molecule has 0 radical (unpaired) electrons. The van der Waals surface area contributed by atoms with Crippen LogP contribution in [0.3, 0.4) is 0 Å². The average molecular weight is 1110 g/mol. The van der Waals surface area contributed by atoms with Gasteiger partial charge < -0.3 is 19.3 Å². The van der Waals surface area contributed by atoms with Crippen LogP contribution in [0, 0.1) is 0 Å². The fourth-order valence-corrected chi connectivity index (χ4v) is 14.7. The fraction of sp³-hybridized carbons (Fsp3) is 0.343. The van der Waals surface area contributed by atoms with Crippen molar-refractivity contribution in [3.05, 3.63) is 168 Å². The molecule has 6 aromatic carbocycles. The van der Waals surface area contributed by atoms with E-state index in [0.29, 0.717) is 0 Å². The highest BCUT2D eigenvalue weighted by Crippen LogP contribution is 2.54. The monoisotopic (exact) mass is 1110 g/mol. The minimum absolute atomic E-state index is 0.761. The largest absolute Gasteiger partial charge is 0.494 e. The van der Waals surface area contributed by atoms with Gasteiger partial charge >= 0.3 is 0 Å². The highest BCUT2D eigenvalue weighted by molar-refractivity contribution is 8.00. The summed E-state index contributed by atoms with van der Waals surface area (Å²) in [6, 6.07) is 55.9. The molecule has 0 saturated carbocycles. The minimum atomic E-state index is 0.761. The Kier molecular flexibility index (Phi) is 20.7. The second-order valence-electron chi connectivity index (χ2n) is 21.0. The number of unbranched alkanes of at least 4 members (excludes halogenated alkanes) is 18. The first-order valence-corrected chi connectivity index (χ1v) is 32.7. The summed E-state index contributed by atoms with van der Waals surface area (Å²) in [5.41, 5.74) is 10.6. The molecule has 0 bridgehead atoms. The molecule has 0 fully saturated rings. The smallest absolute Gasteiger partial charge is 0.119 e. The van der Waals surface area contributed by atoms with Crippen LogP contribution in [-0.4, -0.2) is 13.2 Å². The SMILES string of the molecule is CCCCCCCCCCCCOc1ccc(N2c3ccccc3Sc3cc(/C=C/c4ccc5c(c4)Sc4ccc(-c6ccc(-c7cccs7)s6)cc4N5c4ccc(OCCCCCCCCCCCC)cc4)ccc32)cc1. The van der Waals surface area contributed by atoms with Crippen molar-refractivity contribution in [2.45, 2.75) is 162 Å². The number of para-hydroxylation sites is 1. The molecule has 0 spiro atoms. The van der Waals surface area contributed by atoms with Crippen molar-refractivity contribution in [3.8, 4) is 31.7 Å². The summed E-state index contributed by atoms with van der Waals surface area (Å²) in [6.45, 7) is 6.11. The van der Waals surface area contributed by atoms with Crippen LogP contribution < -0.4 is 19.3 Å². The third kappa shape index (κ3) is 14.8. The van der Waals surface area contributed by atoms with Crippen LogP contribution in [0.4, 0.5) is 34.1 Å². The first kappa shape index (κ1) is 55.7. The van der Waals surface area contributed by atoms with E-state index in [0.717, 1.165) is 48.9 Å². The molecular formula is C70H78N2O2S4. The third-order valence-corrected chi connectivity index (χ3v) is 19.5. The zero-order chi connectivity index (χ0) is 53.1. The van der Waals surface area contributed by atoms with Gasteiger partial charge in [0, 0.05) is 45.6 Å². The van der Waals surface area contributed by atoms with E-state index in [9.17, 15) is 0 Å². The molecule has 0 saturated heterocycles. The standard InChI is InChI=1S/C70H78N2O2S4/c1-3-5-7-9-11-13-15-17-19-23-47-73-58-38-34-56(35-39-58)71-60-26-21-22-27-65(60)77-69-50-53(31-42-61(69)71)29-30-54-32-43-62-70(51-54)78-66-44-33-55(64-45-46-68(76-64)67-28-25-49-75-67)52-63(66)72(62)57-36-40-59(41-37-57)74-48-24-20-18-16-14-12-10-8-6-4-2/h21-22,25-46,49-52H,3-20,23-24,47-48H2,1-2H3/b30-29+. The lowest BCUT2D eigenvalue weighted by atomic mass is 10.1. The molecule has 78 heavy (non-hydrogen) atoms. The van der Waals surface area contributed by atoms with Gasteiger partial charge in [-0.25, -0.2) is 0 Å². The van der Waals surface area contributed by atoms with Gasteiger partial charge in [0.1, 0.15) is 11.5 Å². The van der Waals surface area contributed by atoms with E-state index < -0.39 is 0 Å². The van der Waals surface area contributed by atoms with Crippen molar-refractivity contribution in [1.82, 2.24) is 0 Å². The normalized spacial score (nSPS) is 12.6. The summed E-state index contributed by atoms with van der Waals surface area (Å²) in [6.07, 6.45) is 31.0. The molecule has 0 aliphatic carbocycles. The van der Waals surface area contributed by atoms with E-state index in [1.54, 1.807) is 11.3 Å². The van der Waals surface area contributed by atoms with Crippen LogP contribution in [-0.2, 0) is 0 Å². The Morgan fingerprint density at radius 1 is 0.372 bits per heavy atom. The predicted molar refractivity (Wildman–Crippen MR) is 341 cm³/mol. The Bertz CT molecular complexity index is 3140. The molecule has 4 heterocycles. The molecule has 0 unspecified atom stereocenters. The molecule has 8 heteroatoms. The number of thiophene rings is 2. The lowest BCUT2D eigenvalue weighted by Crippen LogP contribution is -2.15. The minimum Gasteiger partial charge on any atom is -0.494 e. The summed E-state index contributed by atoms with van der Waals surface area (Å²) >= 11 is 7.37. The Morgan fingerprint density at radius 2 is 0.846 bits per heavy atom. The molecule has 0 atom stereocenters. The van der Waals surface area contributed by atoms with Crippen molar-refractivity contribution in [2.75, 3.05) is 23.0 Å². The average Bonchev–Trinajstić information content (AvgIpc) is 4.26. The van der Waals surface area contributed by atoms with Gasteiger partial charge in [0.05, 0.1) is 36.0 Å². The molecule has 8 aromatic rings. The van der Waals surface area contributed by atoms with Crippen LogP contribution in [0.5, 0.6) is 11.5 Å². The Hall–Kier alpha value is -5.64. The molecule has 2 aliphatic rings. The molecule has 10 rings (SSSR count). The van der Waals surface area contributed by atoms with E-state index in [-0.39, 0.29) is 0 Å². The van der Waals surface area contributed by atoms with E-state index in [1.807, 2.05) is 34.9 Å². The number of fused-ring (bicyclic) bond motifs is 4. The lowest BCUT2D eigenvalue weighted by Gasteiger charge is -2.33. The van der Waals surface area contributed by atoms with Gasteiger partial charge in [-0.3, -0.25) is 0 Å². The van der Waals surface area contributed by atoms with E-state index in [1.165, 1.54) is 189 Å². The zero-order valence-corrected chi connectivity index (χ0v) is 49.3. The first-order valence-electron chi connectivity index (χ1n) is 29.4. The highest BCUT2D eigenvalue weighted by Gasteiger charge is 2.27. The summed E-state index contributed by atoms with van der Waals surface area (Å²) in [4.78, 5) is 13.7. The number of rotatable bonds is 30. The first-order chi connectivity index (χ1) is 38.6. The molecule has 404 valence electrons. The Morgan fingerprint density at radius 3 is 1.37 bits per heavy atom. The van der Waals surface area contributed by atoms with E-state index in [4.69, 9.17) is 9.47 Å². The highest BCUT2D eigenvalue weighted by atomic mass is 32.2. The van der Waals surface area contributed by atoms with Gasteiger partial charge in [-0.05, 0) is 150 Å². The summed E-state index contributed by atoms with van der Waals surface area (Å²) in [7, 11) is 0. The Labute approximate surface area is 483 Å². The van der Waals surface area contributed by atoms with E-state index >= 15 is 0 Å². The number of hydrogen-bond acceptors (Lipinski definition) is 8. The lowest BCUT2D eigenvalue weighted by molar-refractivity contribution is 0.304. The van der Waals surface area contributed by atoms with Crippen LogP contribution in [0.15, 0.2) is 177 Å². The van der Waals surface area contributed by atoms with Crippen molar-refractivity contribution in [2.24, 2.45) is 0 Å². The summed E-state index contributed by atoms with van der Waals surface area (Å²) in [5, 5.41) is 2.16. The van der Waals surface area contributed by atoms with Gasteiger partial charge in [0.15, 0.2) is 0 Å². The molecule has 0 amide bonds. The maximum Gasteiger partial charge on any atom is 0.119 e. The third-order valence-electron chi connectivity index (χ3n) is 15.0. The number of hydrogen-bond donors (Lipinski definition) is 0. The van der Waals surface area contributed by atoms with Gasteiger partial charge in [0.2, 0.25) is 0 Å². The van der Waals surface area contributed by atoms with Crippen molar-refractivity contribution < 1.29 is 9.47 Å². The van der Waals surface area contributed by atoms with Crippen molar-refractivity contribution in [1.29, 1.82) is 0 Å². The number of nitrogens with zero attached hydrogens (tertiary/aromatic N) is 2.